The van der Waals surface area contributed by atoms with Gasteiger partial charge in [0.1, 0.15) is 19.3 Å². The summed E-state index contributed by atoms with van der Waals surface area (Å²) in [6, 6.07) is 0. The van der Waals surface area contributed by atoms with Crippen LogP contribution in [0.4, 0.5) is 0 Å². The first-order chi connectivity index (χ1) is 21.5. The van der Waals surface area contributed by atoms with E-state index in [9.17, 15) is 19.5 Å². The highest BCUT2D eigenvalue weighted by Gasteiger charge is 2.12. The lowest BCUT2D eigenvalue weighted by Gasteiger charge is -2.12. The Bertz CT molecular complexity index is 810. The molecule has 0 aromatic heterocycles. The molecule has 0 aliphatic carbocycles. The van der Waals surface area contributed by atoms with Crippen molar-refractivity contribution >= 4 is 17.7 Å². The first-order valence-corrected chi connectivity index (χ1v) is 17.6. The third kappa shape index (κ3) is 32.4. The molecule has 252 valence electrons. The molecule has 0 bridgehead atoms. The molecule has 6 heteroatoms. The van der Waals surface area contributed by atoms with Gasteiger partial charge in [-0.1, -0.05) is 140 Å². The Kier molecular flexibility index (Phi) is 31.5. The SMILES string of the molecule is CCCCC/C=C\C/C=C\C/C=C\C=C\C(=O)CCCC(=O)OC[C@@H](O)COC(=O)CCCCCCCCCCCCCC. The quantitative estimate of drug-likeness (QED) is 0.0274. The van der Waals surface area contributed by atoms with Crippen LogP contribution in [0.5, 0.6) is 0 Å². The van der Waals surface area contributed by atoms with Gasteiger partial charge >= 0.3 is 11.9 Å². The van der Waals surface area contributed by atoms with Crippen LogP contribution in [0.2, 0.25) is 0 Å². The molecule has 44 heavy (non-hydrogen) atoms. The maximum atomic E-state index is 12.0. The van der Waals surface area contributed by atoms with Gasteiger partial charge in [-0.3, -0.25) is 14.4 Å². The summed E-state index contributed by atoms with van der Waals surface area (Å²) < 4.78 is 10.1. The van der Waals surface area contributed by atoms with Crippen molar-refractivity contribution in [3.8, 4) is 0 Å². The number of esters is 2. The number of carbonyl (C=O) groups is 3. The molecule has 1 atom stereocenters. The maximum absolute atomic E-state index is 12.0. The molecule has 0 saturated heterocycles. The number of hydrogen-bond donors (Lipinski definition) is 1. The highest BCUT2D eigenvalue weighted by molar-refractivity contribution is 5.90. The van der Waals surface area contributed by atoms with Crippen molar-refractivity contribution in [1.29, 1.82) is 0 Å². The van der Waals surface area contributed by atoms with Gasteiger partial charge in [0.05, 0.1) is 0 Å². The largest absolute Gasteiger partial charge is 0.463 e. The fourth-order valence-corrected chi connectivity index (χ4v) is 4.57. The molecule has 0 radical (unpaired) electrons. The number of rotatable bonds is 31. The Morgan fingerprint density at radius 3 is 1.61 bits per heavy atom. The van der Waals surface area contributed by atoms with E-state index in [0.29, 0.717) is 12.8 Å². The van der Waals surface area contributed by atoms with E-state index in [4.69, 9.17) is 9.47 Å². The van der Waals surface area contributed by atoms with Crippen LogP contribution < -0.4 is 0 Å². The summed E-state index contributed by atoms with van der Waals surface area (Å²) in [7, 11) is 0. The van der Waals surface area contributed by atoms with Crippen molar-refractivity contribution in [2.75, 3.05) is 13.2 Å². The molecular formula is C38H64O6. The molecule has 0 aliphatic rings. The molecule has 0 aromatic rings. The van der Waals surface area contributed by atoms with E-state index in [-0.39, 0.29) is 37.8 Å². The summed E-state index contributed by atoms with van der Waals surface area (Å²) >= 11 is 0. The zero-order chi connectivity index (χ0) is 32.4. The molecule has 0 heterocycles. The zero-order valence-corrected chi connectivity index (χ0v) is 28.2. The van der Waals surface area contributed by atoms with Gasteiger partial charge in [-0.15, -0.1) is 0 Å². The third-order valence-corrected chi connectivity index (χ3v) is 7.29. The second-order valence-electron chi connectivity index (χ2n) is 11.7. The van der Waals surface area contributed by atoms with Gasteiger partial charge in [0.25, 0.3) is 0 Å². The number of ketones is 1. The number of unbranched alkanes of at least 4 members (excludes halogenated alkanes) is 14. The van der Waals surface area contributed by atoms with E-state index < -0.39 is 12.1 Å². The third-order valence-electron chi connectivity index (χ3n) is 7.29. The van der Waals surface area contributed by atoms with E-state index in [1.165, 1.54) is 83.1 Å². The monoisotopic (exact) mass is 616 g/mol. The van der Waals surface area contributed by atoms with Crippen molar-refractivity contribution in [3.63, 3.8) is 0 Å². The summed E-state index contributed by atoms with van der Waals surface area (Å²) in [5.41, 5.74) is 0. The molecule has 0 rings (SSSR count). The smallest absolute Gasteiger partial charge is 0.305 e. The van der Waals surface area contributed by atoms with E-state index in [0.717, 1.165) is 38.5 Å². The minimum absolute atomic E-state index is 0.0497. The summed E-state index contributed by atoms with van der Waals surface area (Å²) in [4.78, 5) is 35.8. The Morgan fingerprint density at radius 1 is 0.545 bits per heavy atom. The van der Waals surface area contributed by atoms with Gasteiger partial charge in [-0.25, -0.2) is 0 Å². The highest BCUT2D eigenvalue weighted by atomic mass is 16.6. The van der Waals surface area contributed by atoms with Gasteiger partial charge in [-0.2, -0.15) is 0 Å². The van der Waals surface area contributed by atoms with Gasteiger partial charge in [0, 0.05) is 19.3 Å². The lowest BCUT2D eigenvalue weighted by molar-refractivity contribution is -0.152. The summed E-state index contributed by atoms with van der Waals surface area (Å²) in [5, 5.41) is 9.95. The number of hydrogen-bond acceptors (Lipinski definition) is 6. The Balaban J connectivity index is 3.68. The molecular weight excluding hydrogens is 552 g/mol. The Morgan fingerprint density at radius 2 is 1.02 bits per heavy atom. The van der Waals surface area contributed by atoms with Gasteiger partial charge < -0.3 is 14.6 Å². The van der Waals surface area contributed by atoms with E-state index in [2.05, 4.69) is 38.2 Å². The van der Waals surface area contributed by atoms with Crippen molar-refractivity contribution < 1.29 is 29.0 Å². The van der Waals surface area contributed by atoms with Crippen LogP contribution in [0.3, 0.4) is 0 Å². The number of aliphatic hydroxyl groups excluding tert-OH is 1. The molecule has 0 aromatic carbocycles. The predicted molar refractivity (Wildman–Crippen MR) is 182 cm³/mol. The highest BCUT2D eigenvalue weighted by Crippen LogP contribution is 2.13. The van der Waals surface area contributed by atoms with Crippen LogP contribution in [0.25, 0.3) is 0 Å². The van der Waals surface area contributed by atoms with Crippen molar-refractivity contribution in [2.45, 2.75) is 161 Å². The van der Waals surface area contributed by atoms with Crippen LogP contribution in [-0.2, 0) is 23.9 Å². The molecule has 1 N–H and O–H groups in total. The minimum Gasteiger partial charge on any atom is -0.463 e. The summed E-state index contributed by atoms with van der Waals surface area (Å²) in [6.45, 7) is 4.04. The first-order valence-electron chi connectivity index (χ1n) is 17.6. The first kappa shape index (κ1) is 41.5. The standard InChI is InChI=1S/C38H64O6/c1-3-5-7-9-11-13-15-17-18-20-22-24-26-29-35(39)30-28-32-38(42)44-34-36(40)33-43-37(41)31-27-25-23-21-19-16-14-12-10-8-6-4-2/h11,13,17-18,22,24,26,29,36,40H,3-10,12,14-16,19-21,23,25,27-28,30-34H2,1-2H3/b13-11-,18-17-,24-22-,29-26+/t36-/m0/s1. The van der Waals surface area contributed by atoms with Gasteiger partial charge in [0.15, 0.2) is 5.78 Å². The topological polar surface area (TPSA) is 89.9 Å². The molecule has 0 saturated carbocycles. The molecule has 0 fully saturated rings. The average Bonchev–Trinajstić information content (AvgIpc) is 3.01. The summed E-state index contributed by atoms with van der Waals surface area (Å²) in [6.07, 6.45) is 37.3. The maximum Gasteiger partial charge on any atom is 0.305 e. The molecule has 0 unspecified atom stereocenters. The Labute approximate surface area is 269 Å². The fourth-order valence-electron chi connectivity index (χ4n) is 4.57. The summed E-state index contributed by atoms with van der Waals surface area (Å²) in [5.74, 6) is -0.862. The van der Waals surface area contributed by atoms with Crippen molar-refractivity contribution in [1.82, 2.24) is 0 Å². The predicted octanol–water partition coefficient (Wildman–Crippen LogP) is 9.85. The van der Waals surface area contributed by atoms with Crippen LogP contribution in [0.1, 0.15) is 155 Å². The van der Waals surface area contributed by atoms with Gasteiger partial charge in [0.2, 0.25) is 0 Å². The van der Waals surface area contributed by atoms with Gasteiger partial charge in [-0.05, 0) is 44.6 Å². The molecule has 6 nitrogen and oxygen atoms in total. The van der Waals surface area contributed by atoms with Crippen LogP contribution in [0, 0.1) is 0 Å². The van der Waals surface area contributed by atoms with Crippen LogP contribution >= 0.6 is 0 Å². The lowest BCUT2D eigenvalue weighted by Crippen LogP contribution is -2.25. The molecule has 0 spiro atoms. The molecule has 0 aliphatic heterocycles. The number of aliphatic hydroxyl groups is 1. The van der Waals surface area contributed by atoms with Crippen molar-refractivity contribution in [3.05, 3.63) is 48.6 Å². The normalized spacial score (nSPS) is 12.6. The second kappa shape index (κ2) is 33.4. The number of allylic oxidation sites excluding steroid dienone is 8. The number of carbonyl (C=O) groups excluding carboxylic acids is 3. The Hall–Kier alpha value is -2.47. The average molecular weight is 617 g/mol. The zero-order valence-electron chi connectivity index (χ0n) is 28.2. The minimum atomic E-state index is -1.05. The van der Waals surface area contributed by atoms with E-state index in [1.807, 2.05) is 12.2 Å². The van der Waals surface area contributed by atoms with E-state index in [1.54, 1.807) is 6.08 Å². The molecule has 0 amide bonds. The number of ether oxygens (including phenoxy) is 2. The van der Waals surface area contributed by atoms with Crippen LogP contribution in [0.15, 0.2) is 48.6 Å². The lowest BCUT2D eigenvalue weighted by atomic mass is 10.0. The second-order valence-corrected chi connectivity index (χ2v) is 11.7. The van der Waals surface area contributed by atoms with Crippen LogP contribution in [-0.4, -0.2) is 42.1 Å². The fraction of sp³-hybridized carbons (Fsp3) is 0.711. The van der Waals surface area contributed by atoms with E-state index >= 15 is 0 Å². The van der Waals surface area contributed by atoms with Crippen molar-refractivity contribution in [2.24, 2.45) is 0 Å².